The van der Waals surface area contributed by atoms with E-state index >= 15 is 0 Å². The van der Waals surface area contributed by atoms with Crippen LogP contribution in [0.25, 0.3) is 0 Å². The number of allylic oxidation sites excluding steroid dienone is 2. The van der Waals surface area contributed by atoms with Crippen LogP contribution in [0.4, 0.5) is 4.39 Å². The van der Waals surface area contributed by atoms with Crippen LogP contribution in [-0.2, 0) is 9.59 Å². The summed E-state index contributed by atoms with van der Waals surface area (Å²) in [6.07, 6.45) is 8.48. The number of rotatable bonds is 12. The van der Waals surface area contributed by atoms with Crippen LogP contribution in [0.15, 0.2) is 12.2 Å². The van der Waals surface area contributed by atoms with Crippen LogP contribution in [0, 0.1) is 11.8 Å². The van der Waals surface area contributed by atoms with Crippen LogP contribution in [0.2, 0.25) is 0 Å². The first-order chi connectivity index (χ1) is 11.5. The van der Waals surface area contributed by atoms with Gasteiger partial charge in [0.15, 0.2) is 12.0 Å². The average Bonchev–Trinajstić information content (AvgIpc) is 2.83. The third kappa shape index (κ3) is 6.84. The Labute approximate surface area is 145 Å². The molecule has 0 bridgehead atoms. The molecule has 1 fully saturated rings. The molecule has 0 aromatic heterocycles. The summed E-state index contributed by atoms with van der Waals surface area (Å²) < 4.78 is 13.8. The Balaban J connectivity index is 2.48. The molecule has 4 atom stereocenters. The summed E-state index contributed by atoms with van der Waals surface area (Å²) in [5, 5.41) is 10.1. The number of alkyl halides is 1. The molecule has 1 aliphatic carbocycles. The predicted molar refractivity (Wildman–Crippen MR) is 94.6 cm³/mol. The summed E-state index contributed by atoms with van der Waals surface area (Å²) >= 11 is 0. The van der Waals surface area contributed by atoms with Crippen molar-refractivity contribution in [1.82, 2.24) is 0 Å². The molecule has 4 heteroatoms. The van der Waals surface area contributed by atoms with Crippen molar-refractivity contribution in [2.45, 2.75) is 90.3 Å². The van der Waals surface area contributed by atoms with Gasteiger partial charge in [-0.3, -0.25) is 9.59 Å². The van der Waals surface area contributed by atoms with Crippen molar-refractivity contribution in [3.8, 4) is 0 Å². The van der Waals surface area contributed by atoms with Crippen molar-refractivity contribution in [1.29, 1.82) is 0 Å². The van der Waals surface area contributed by atoms with Crippen LogP contribution >= 0.6 is 0 Å². The van der Waals surface area contributed by atoms with E-state index in [9.17, 15) is 19.1 Å². The zero-order valence-corrected chi connectivity index (χ0v) is 15.2. The van der Waals surface area contributed by atoms with Gasteiger partial charge in [0.2, 0.25) is 0 Å². The highest BCUT2D eigenvalue weighted by Crippen LogP contribution is 2.35. The summed E-state index contributed by atoms with van der Waals surface area (Å²) in [4.78, 5) is 24.0. The lowest BCUT2D eigenvalue weighted by atomic mass is 9.86. The van der Waals surface area contributed by atoms with Crippen molar-refractivity contribution < 1.29 is 19.1 Å². The Bertz CT molecular complexity index is 419. The topological polar surface area (TPSA) is 54.4 Å². The number of ketones is 2. The zero-order valence-electron chi connectivity index (χ0n) is 15.2. The van der Waals surface area contributed by atoms with E-state index in [1.165, 1.54) is 0 Å². The number of aliphatic hydroxyl groups is 1. The van der Waals surface area contributed by atoms with E-state index in [-0.39, 0.29) is 42.7 Å². The Morgan fingerprint density at radius 2 is 2.00 bits per heavy atom. The van der Waals surface area contributed by atoms with Gasteiger partial charge in [-0.25, -0.2) is 4.39 Å². The Morgan fingerprint density at radius 3 is 2.67 bits per heavy atom. The molecule has 24 heavy (non-hydrogen) atoms. The van der Waals surface area contributed by atoms with Crippen molar-refractivity contribution in [2.75, 3.05) is 0 Å². The van der Waals surface area contributed by atoms with Gasteiger partial charge < -0.3 is 5.11 Å². The lowest BCUT2D eigenvalue weighted by molar-refractivity contribution is -0.125. The summed E-state index contributed by atoms with van der Waals surface area (Å²) in [5.41, 5.74) is 0. The van der Waals surface area contributed by atoms with Crippen LogP contribution in [0.1, 0.15) is 78.1 Å². The summed E-state index contributed by atoms with van der Waals surface area (Å²) in [6, 6.07) is 0. The Kier molecular flexibility index (Phi) is 10.1. The van der Waals surface area contributed by atoms with Gasteiger partial charge in [0.05, 0.1) is 6.10 Å². The molecule has 0 heterocycles. The summed E-state index contributed by atoms with van der Waals surface area (Å²) in [7, 11) is 0. The van der Waals surface area contributed by atoms with E-state index in [1.54, 1.807) is 0 Å². The SMILES string of the molecule is CCCC/C=C\CC1C(=O)CC(O)C1CCC(=O)C(F)CCCC. The average molecular weight is 340 g/mol. The molecule has 0 aromatic rings. The minimum absolute atomic E-state index is 0.0721. The first kappa shape index (κ1) is 21.0. The molecule has 0 aromatic carbocycles. The number of unbranched alkanes of at least 4 members (excludes halogenated alkanes) is 3. The van der Waals surface area contributed by atoms with Crippen molar-refractivity contribution in [2.24, 2.45) is 11.8 Å². The minimum Gasteiger partial charge on any atom is -0.392 e. The third-order valence-corrected chi connectivity index (χ3v) is 5.00. The maximum absolute atomic E-state index is 13.8. The maximum atomic E-state index is 13.8. The van der Waals surface area contributed by atoms with Gasteiger partial charge in [0, 0.05) is 18.8 Å². The quantitative estimate of drug-likeness (QED) is 0.418. The van der Waals surface area contributed by atoms with Crippen molar-refractivity contribution >= 4 is 11.6 Å². The smallest absolute Gasteiger partial charge is 0.166 e. The molecular formula is C20H33FO3. The zero-order chi connectivity index (χ0) is 17.9. The van der Waals surface area contributed by atoms with E-state index in [4.69, 9.17) is 0 Å². The van der Waals surface area contributed by atoms with Gasteiger partial charge in [0.25, 0.3) is 0 Å². The van der Waals surface area contributed by atoms with Gasteiger partial charge in [-0.15, -0.1) is 0 Å². The number of halogens is 1. The fraction of sp³-hybridized carbons (Fsp3) is 0.800. The second kappa shape index (κ2) is 11.5. The Hall–Kier alpha value is -1.03. The predicted octanol–water partition coefficient (Wildman–Crippen LogP) is 4.57. The fourth-order valence-corrected chi connectivity index (χ4v) is 3.41. The lowest BCUT2D eigenvalue weighted by Crippen LogP contribution is -2.23. The maximum Gasteiger partial charge on any atom is 0.166 e. The lowest BCUT2D eigenvalue weighted by Gasteiger charge is -2.20. The molecule has 1 rings (SSSR count). The highest BCUT2D eigenvalue weighted by atomic mass is 19.1. The van der Waals surface area contributed by atoms with Gasteiger partial charge >= 0.3 is 0 Å². The molecule has 138 valence electrons. The van der Waals surface area contributed by atoms with Crippen LogP contribution in [0.5, 0.6) is 0 Å². The second-order valence-corrected chi connectivity index (χ2v) is 6.97. The molecule has 1 aliphatic rings. The normalized spacial score (nSPS) is 25.5. The van der Waals surface area contributed by atoms with E-state index in [1.807, 2.05) is 13.0 Å². The van der Waals surface area contributed by atoms with Crippen LogP contribution in [0.3, 0.4) is 0 Å². The molecule has 0 amide bonds. The van der Waals surface area contributed by atoms with E-state index in [0.29, 0.717) is 19.3 Å². The first-order valence-electron chi connectivity index (χ1n) is 9.53. The van der Waals surface area contributed by atoms with Gasteiger partial charge in [-0.05, 0) is 31.6 Å². The van der Waals surface area contributed by atoms with Gasteiger partial charge in [-0.2, -0.15) is 0 Å². The monoisotopic (exact) mass is 340 g/mol. The van der Waals surface area contributed by atoms with Crippen LogP contribution < -0.4 is 0 Å². The number of aliphatic hydroxyl groups excluding tert-OH is 1. The molecule has 4 unspecified atom stereocenters. The number of hydrogen-bond acceptors (Lipinski definition) is 3. The van der Waals surface area contributed by atoms with E-state index in [0.717, 1.165) is 25.7 Å². The third-order valence-electron chi connectivity index (χ3n) is 5.00. The molecule has 0 saturated heterocycles. The number of carbonyl (C=O) groups is 2. The Morgan fingerprint density at radius 1 is 1.29 bits per heavy atom. The summed E-state index contributed by atoms with van der Waals surface area (Å²) in [6.45, 7) is 4.10. The molecule has 0 spiro atoms. The van der Waals surface area contributed by atoms with Gasteiger partial charge in [-0.1, -0.05) is 51.7 Å². The fourth-order valence-electron chi connectivity index (χ4n) is 3.41. The van der Waals surface area contributed by atoms with E-state index < -0.39 is 12.3 Å². The molecule has 0 aliphatic heterocycles. The molecule has 1 saturated carbocycles. The highest BCUT2D eigenvalue weighted by Gasteiger charge is 2.40. The number of hydrogen-bond donors (Lipinski definition) is 1. The molecule has 3 nitrogen and oxygen atoms in total. The molecule has 1 N–H and O–H groups in total. The first-order valence-corrected chi connectivity index (χ1v) is 9.53. The van der Waals surface area contributed by atoms with Crippen molar-refractivity contribution in [3.63, 3.8) is 0 Å². The molecular weight excluding hydrogens is 307 g/mol. The van der Waals surface area contributed by atoms with Crippen molar-refractivity contribution in [3.05, 3.63) is 12.2 Å². The second-order valence-electron chi connectivity index (χ2n) is 6.97. The molecule has 0 radical (unpaired) electrons. The van der Waals surface area contributed by atoms with E-state index in [2.05, 4.69) is 13.0 Å². The minimum atomic E-state index is -1.40. The standard InChI is InChI=1S/C20H33FO3/c1-3-5-7-8-9-10-15-16(20(24)14-19(15)23)12-13-18(22)17(21)11-6-4-2/h8-9,15-17,20,24H,3-7,10-14H2,1-2H3/b9-8-. The number of carbonyl (C=O) groups excluding carboxylic acids is 2. The van der Waals surface area contributed by atoms with Gasteiger partial charge in [0.1, 0.15) is 5.78 Å². The largest absolute Gasteiger partial charge is 0.392 e. The summed E-state index contributed by atoms with van der Waals surface area (Å²) in [5.74, 6) is -0.745. The number of Topliss-reactive ketones (excluding diaryl/α,β-unsaturated/α-hetero) is 2. The highest BCUT2D eigenvalue weighted by molar-refractivity contribution is 5.85. The van der Waals surface area contributed by atoms with Crippen LogP contribution in [-0.4, -0.2) is 28.9 Å².